The van der Waals surface area contributed by atoms with Crippen molar-refractivity contribution in [1.29, 1.82) is 0 Å². The SMILES string of the molecule is CCCNCCN1CCc2ccccc2C1. The first kappa shape index (κ1) is 11.6. The van der Waals surface area contributed by atoms with Crippen LogP contribution in [0, 0.1) is 0 Å². The van der Waals surface area contributed by atoms with Gasteiger partial charge in [-0.05, 0) is 30.5 Å². The van der Waals surface area contributed by atoms with Crippen molar-refractivity contribution in [1.82, 2.24) is 10.2 Å². The van der Waals surface area contributed by atoms with Crippen LogP contribution in [0.3, 0.4) is 0 Å². The zero-order valence-electron chi connectivity index (χ0n) is 10.2. The number of benzene rings is 1. The molecule has 0 bridgehead atoms. The summed E-state index contributed by atoms with van der Waals surface area (Å²) in [5, 5.41) is 3.46. The molecule has 0 atom stereocenters. The summed E-state index contributed by atoms with van der Waals surface area (Å²) in [5.41, 5.74) is 3.06. The fraction of sp³-hybridized carbons (Fsp3) is 0.571. The Bertz CT molecular complexity index is 322. The minimum absolute atomic E-state index is 1.12. The lowest BCUT2D eigenvalue weighted by Gasteiger charge is -2.28. The van der Waals surface area contributed by atoms with E-state index in [1.807, 2.05) is 0 Å². The van der Waals surface area contributed by atoms with Gasteiger partial charge in [-0.1, -0.05) is 31.2 Å². The van der Waals surface area contributed by atoms with Gasteiger partial charge in [0.1, 0.15) is 0 Å². The Morgan fingerprint density at radius 3 is 2.81 bits per heavy atom. The van der Waals surface area contributed by atoms with Crippen molar-refractivity contribution in [2.45, 2.75) is 26.3 Å². The standard InChI is InChI=1S/C14H22N2/c1-2-8-15-9-11-16-10-7-13-5-3-4-6-14(13)12-16/h3-6,15H,2,7-12H2,1H3. The number of hydrogen-bond acceptors (Lipinski definition) is 2. The molecule has 0 spiro atoms. The van der Waals surface area contributed by atoms with Crippen molar-refractivity contribution < 1.29 is 0 Å². The molecular weight excluding hydrogens is 196 g/mol. The maximum Gasteiger partial charge on any atom is 0.0237 e. The summed E-state index contributed by atoms with van der Waals surface area (Å²) < 4.78 is 0. The van der Waals surface area contributed by atoms with E-state index in [1.165, 1.54) is 31.5 Å². The van der Waals surface area contributed by atoms with Crippen LogP contribution in [0.5, 0.6) is 0 Å². The summed E-state index contributed by atoms with van der Waals surface area (Å²) in [7, 11) is 0. The molecule has 0 unspecified atom stereocenters. The summed E-state index contributed by atoms with van der Waals surface area (Å²) in [5.74, 6) is 0. The zero-order valence-corrected chi connectivity index (χ0v) is 10.2. The third-order valence-corrected chi connectivity index (χ3v) is 3.24. The van der Waals surface area contributed by atoms with Crippen LogP contribution in [0.2, 0.25) is 0 Å². The molecule has 2 rings (SSSR count). The van der Waals surface area contributed by atoms with Crippen LogP contribution < -0.4 is 5.32 Å². The van der Waals surface area contributed by atoms with Gasteiger partial charge in [0, 0.05) is 26.2 Å². The Hall–Kier alpha value is -0.860. The normalized spacial score (nSPS) is 16.1. The van der Waals surface area contributed by atoms with Crippen molar-refractivity contribution in [2.24, 2.45) is 0 Å². The maximum absolute atomic E-state index is 3.46. The molecule has 0 radical (unpaired) electrons. The molecule has 0 saturated carbocycles. The van der Waals surface area contributed by atoms with Gasteiger partial charge < -0.3 is 5.32 Å². The second-order valence-corrected chi connectivity index (χ2v) is 4.54. The van der Waals surface area contributed by atoms with Gasteiger partial charge in [0.05, 0.1) is 0 Å². The van der Waals surface area contributed by atoms with Crippen molar-refractivity contribution in [2.75, 3.05) is 26.2 Å². The summed E-state index contributed by atoms with van der Waals surface area (Å²) in [4.78, 5) is 2.55. The molecule has 0 saturated heterocycles. The molecule has 16 heavy (non-hydrogen) atoms. The van der Waals surface area contributed by atoms with Crippen LogP contribution in [0.15, 0.2) is 24.3 Å². The minimum atomic E-state index is 1.12. The van der Waals surface area contributed by atoms with Gasteiger partial charge in [-0.15, -0.1) is 0 Å². The highest BCUT2D eigenvalue weighted by Crippen LogP contribution is 2.17. The number of hydrogen-bond donors (Lipinski definition) is 1. The topological polar surface area (TPSA) is 15.3 Å². The largest absolute Gasteiger partial charge is 0.315 e. The van der Waals surface area contributed by atoms with Gasteiger partial charge >= 0.3 is 0 Å². The highest BCUT2D eigenvalue weighted by atomic mass is 15.1. The first-order valence-electron chi connectivity index (χ1n) is 6.40. The van der Waals surface area contributed by atoms with Crippen LogP contribution >= 0.6 is 0 Å². The molecule has 1 aromatic carbocycles. The molecule has 2 nitrogen and oxygen atoms in total. The number of nitrogens with one attached hydrogen (secondary N) is 1. The molecule has 0 fully saturated rings. The summed E-state index contributed by atoms with van der Waals surface area (Å²) in [6, 6.07) is 8.83. The average Bonchev–Trinajstić information content (AvgIpc) is 2.34. The first-order chi connectivity index (χ1) is 7.90. The molecular formula is C14H22N2. The van der Waals surface area contributed by atoms with E-state index in [0.717, 1.165) is 19.6 Å². The van der Waals surface area contributed by atoms with Crippen LogP contribution in [0.25, 0.3) is 0 Å². The average molecular weight is 218 g/mol. The molecule has 0 aliphatic carbocycles. The summed E-state index contributed by atoms with van der Waals surface area (Å²) >= 11 is 0. The Morgan fingerprint density at radius 1 is 1.19 bits per heavy atom. The molecule has 1 aliphatic heterocycles. The molecule has 0 amide bonds. The van der Waals surface area contributed by atoms with Crippen molar-refractivity contribution in [3.8, 4) is 0 Å². The van der Waals surface area contributed by atoms with Gasteiger partial charge in [-0.2, -0.15) is 0 Å². The Kier molecular flexibility index (Phi) is 4.37. The van der Waals surface area contributed by atoms with E-state index in [1.54, 1.807) is 5.56 Å². The van der Waals surface area contributed by atoms with E-state index in [0.29, 0.717) is 0 Å². The van der Waals surface area contributed by atoms with Gasteiger partial charge in [-0.25, -0.2) is 0 Å². The minimum Gasteiger partial charge on any atom is -0.315 e. The fourth-order valence-electron chi connectivity index (χ4n) is 2.28. The van der Waals surface area contributed by atoms with Crippen molar-refractivity contribution >= 4 is 0 Å². The number of rotatable bonds is 5. The third-order valence-electron chi connectivity index (χ3n) is 3.24. The molecule has 2 heteroatoms. The smallest absolute Gasteiger partial charge is 0.0237 e. The molecule has 1 aromatic rings. The van der Waals surface area contributed by atoms with E-state index in [4.69, 9.17) is 0 Å². The Morgan fingerprint density at radius 2 is 2.00 bits per heavy atom. The van der Waals surface area contributed by atoms with Crippen molar-refractivity contribution in [3.63, 3.8) is 0 Å². The lowest BCUT2D eigenvalue weighted by Crippen LogP contribution is -2.36. The van der Waals surface area contributed by atoms with Crippen LogP contribution in [0.4, 0.5) is 0 Å². The summed E-state index contributed by atoms with van der Waals surface area (Å²) in [6.45, 7) is 7.99. The van der Waals surface area contributed by atoms with E-state index in [2.05, 4.69) is 41.4 Å². The Balaban J connectivity index is 1.79. The van der Waals surface area contributed by atoms with Crippen LogP contribution in [-0.2, 0) is 13.0 Å². The van der Waals surface area contributed by atoms with Gasteiger partial charge in [-0.3, -0.25) is 4.90 Å². The van der Waals surface area contributed by atoms with E-state index >= 15 is 0 Å². The second-order valence-electron chi connectivity index (χ2n) is 4.54. The predicted octanol–water partition coefficient (Wildman–Crippen LogP) is 2.04. The second kappa shape index (κ2) is 6.02. The van der Waals surface area contributed by atoms with E-state index in [9.17, 15) is 0 Å². The molecule has 1 N–H and O–H groups in total. The molecule has 88 valence electrons. The van der Waals surface area contributed by atoms with Crippen LogP contribution in [-0.4, -0.2) is 31.1 Å². The lowest BCUT2D eigenvalue weighted by molar-refractivity contribution is 0.254. The van der Waals surface area contributed by atoms with Gasteiger partial charge in [0.2, 0.25) is 0 Å². The van der Waals surface area contributed by atoms with E-state index in [-0.39, 0.29) is 0 Å². The highest BCUT2D eigenvalue weighted by Gasteiger charge is 2.14. The van der Waals surface area contributed by atoms with Gasteiger partial charge in [0.15, 0.2) is 0 Å². The number of fused-ring (bicyclic) bond motifs is 1. The number of nitrogens with zero attached hydrogens (tertiary/aromatic N) is 1. The monoisotopic (exact) mass is 218 g/mol. The van der Waals surface area contributed by atoms with Gasteiger partial charge in [0.25, 0.3) is 0 Å². The van der Waals surface area contributed by atoms with Crippen molar-refractivity contribution in [3.05, 3.63) is 35.4 Å². The third kappa shape index (κ3) is 3.06. The lowest BCUT2D eigenvalue weighted by atomic mass is 10.00. The molecule has 1 aliphatic rings. The maximum atomic E-state index is 3.46. The Labute approximate surface area is 98.7 Å². The predicted molar refractivity (Wildman–Crippen MR) is 68.6 cm³/mol. The quantitative estimate of drug-likeness (QED) is 0.761. The zero-order chi connectivity index (χ0) is 11.2. The molecule has 0 aromatic heterocycles. The first-order valence-corrected chi connectivity index (χ1v) is 6.40. The highest BCUT2D eigenvalue weighted by molar-refractivity contribution is 5.28. The summed E-state index contributed by atoms with van der Waals surface area (Å²) in [6.07, 6.45) is 2.44. The van der Waals surface area contributed by atoms with E-state index < -0.39 is 0 Å². The molecule has 1 heterocycles. The van der Waals surface area contributed by atoms with Crippen LogP contribution in [0.1, 0.15) is 24.5 Å². The fourth-order valence-corrected chi connectivity index (χ4v) is 2.28.